The van der Waals surface area contributed by atoms with Gasteiger partial charge in [-0.1, -0.05) is 69.3 Å². The number of nitrogen functional groups attached to an aromatic ring is 1. The fourth-order valence-electron chi connectivity index (χ4n) is 5.86. The normalized spacial score (nSPS) is 15.0. The van der Waals surface area contributed by atoms with E-state index >= 15 is 0 Å². The van der Waals surface area contributed by atoms with Gasteiger partial charge in [-0.3, -0.25) is 9.88 Å². The molecule has 1 atom stereocenters. The number of nitrogens with one attached hydrogen (secondary N) is 1. The zero-order valence-electron chi connectivity index (χ0n) is 23.6. The van der Waals surface area contributed by atoms with E-state index in [4.69, 9.17) is 15.5 Å². The van der Waals surface area contributed by atoms with Crippen molar-refractivity contribution >= 4 is 22.1 Å². The van der Waals surface area contributed by atoms with Crippen molar-refractivity contribution in [3.63, 3.8) is 0 Å². The second kappa shape index (κ2) is 10.3. The number of ether oxygens (including phenoxy) is 1. The molecule has 0 radical (unpaired) electrons. The third-order valence-corrected chi connectivity index (χ3v) is 7.96. The zero-order chi connectivity index (χ0) is 27.0. The van der Waals surface area contributed by atoms with Crippen LogP contribution in [-0.2, 0) is 13.1 Å². The standard InChI is InChI=1S/C33H40N4O/c1-21-11-12-23(30(33(3,4)5)26-13-14-28(35-6)31(34)22(26)2)17-25(21)19-37-15-16-38-32-27-10-8-7-9-24(27)18-36-29(32)20-37/h7-14,17-18,30,35H,15-16,19-20,34H2,1-6H3. The molecule has 5 heteroatoms. The molecule has 0 fully saturated rings. The molecule has 0 saturated heterocycles. The minimum absolute atomic E-state index is 0.0191. The number of aromatic nitrogens is 1. The molecular formula is C33H40N4O. The fraction of sp³-hybridized carbons (Fsp3) is 0.364. The maximum atomic E-state index is 6.53. The summed E-state index contributed by atoms with van der Waals surface area (Å²) < 4.78 is 6.25. The van der Waals surface area contributed by atoms with Crippen LogP contribution in [0.4, 0.5) is 11.4 Å². The minimum Gasteiger partial charge on any atom is -0.490 e. The highest BCUT2D eigenvalue weighted by molar-refractivity contribution is 5.88. The Morgan fingerprint density at radius 2 is 1.87 bits per heavy atom. The van der Waals surface area contributed by atoms with Crippen LogP contribution in [0.3, 0.4) is 0 Å². The maximum absolute atomic E-state index is 6.53. The lowest BCUT2D eigenvalue weighted by Crippen LogP contribution is -2.26. The highest BCUT2D eigenvalue weighted by Crippen LogP contribution is 2.44. The van der Waals surface area contributed by atoms with Crippen LogP contribution in [0.5, 0.6) is 5.75 Å². The molecule has 38 heavy (non-hydrogen) atoms. The Labute approximate surface area is 227 Å². The molecule has 3 aromatic carbocycles. The first kappa shape index (κ1) is 26.1. The first-order chi connectivity index (χ1) is 18.2. The van der Waals surface area contributed by atoms with Crippen molar-refractivity contribution in [1.29, 1.82) is 0 Å². The van der Waals surface area contributed by atoms with Gasteiger partial charge in [0.05, 0.1) is 17.1 Å². The Morgan fingerprint density at radius 3 is 2.63 bits per heavy atom. The molecule has 0 amide bonds. The summed E-state index contributed by atoms with van der Waals surface area (Å²) in [5.74, 6) is 1.15. The van der Waals surface area contributed by atoms with Crippen LogP contribution in [0.2, 0.25) is 0 Å². The third-order valence-electron chi connectivity index (χ3n) is 7.96. The number of rotatable bonds is 5. The summed E-state index contributed by atoms with van der Waals surface area (Å²) in [6.07, 6.45) is 1.97. The molecule has 0 bridgehead atoms. The van der Waals surface area contributed by atoms with E-state index in [1.165, 1.54) is 22.3 Å². The largest absolute Gasteiger partial charge is 0.490 e. The SMILES string of the molecule is CNc1ccc(C(c2ccc(C)c(CN3CCOc4c(ncc5ccccc45)C3)c2)C(C)(C)C)c(C)c1N. The molecule has 1 aliphatic rings. The molecular weight excluding hydrogens is 468 g/mol. The Bertz CT molecular complexity index is 1470. The van der Waals surface area contributed by atoms with Crippen LogP contribution in [-0.4, -0.2) is 30.1 Å². The van der Waals surface area contributed by atoms with Crippen LogP contribution in [0, 0.1) is 19.3 Å². The maximum Gasteiger partial charge on any atom is 0.150 e. The lowest BCUT2D eigenvalue weighted by atomic mass is 9.71. The van der Waals surface area contributed by atoms with Crippen molar-refractivity contribution in [2.45, 2.75) is 53.6 Å². The molecule has 3 N–H and O–H groups in total. The van der Waals surface area contributed by atoms with Crippen molar-refractivity contribution in [2.24, 2.45) is 5.41 Å². The summed E-state index contributed by atoms with van der Waals surface area (Å²) in [5, 5.41) is 5.48. The van der Waals surface area contributed by atoms with Crippen LogP contribution in [0.25, 0.3) is 10.8 Å². The van der Waals surface area contributed by atoms with Crippen LogP contribution >= 0.6 is 0 Å². The Kier molecular flexibility index (Phi) is 7.06. The number of hydrogen-bond acceptors (Lipinski definition) is 5. The van der Waals surface area contributed by atoms with Gasteiger partial charge in [-0.25, -0.2) is 0 Å². The number of pyridine rings is 1. The molecule has 1 unspecified atom stereocenters. The molecule has 0 saturated carbocycles. The van der Waals surface area contributed by atoms with Gasteiger partial charge in [0.2, 0.25) is 0 Å². The van der Waals surface area contributed by atoms with Crippen LogP contribution in [0.1, 0.15) is 60.2 Å². The summed E-state index contributed by atoms with van der Waals surface area (Å²) in [6.45, 7) is 14.4. The molecule has 1 aliphatic heterocycles. The number of benzene rings is 3. The van der Waals surface area contributed by atoms with Crippen molar-refractivity contribution in [3.05, 3.63) is 94.3 Å². The molecule has 1 aromatic heterocycles. The van der Waals surface area contributed by atoms with Gasteiger partial charge in [0, 0.05) is 49.6 Å². The van der Waals surface area contributed by atoms with Gasteiger partial charge in [-0.05, 0) is 53.1 Å². The average Bonchev–Trinajstić information content (AvgIpc) is 3.10. The van der Waals surface area contributed by atoms with E-state index < -0.39 is 0 Å². The van der Waals surface area contributed by atoms with Crippen LogP contribution in [0.15, 0.2) is 60.8 Å². The fourth-order valence-corrected chi connectivity index (χ4v) is 5.86. The zero-order valence-corrected chi connectivity index (χ0v) is 23.6. The quantitative estimate of drug-likeness (QED) is 0.283. The number of nitrogens with zero attached hydrogens (tertiary/aromatic N) is 2. The Balaban J connectivity index is 1.48. The van der Waals surface area contributed by atoms with Gasteiger partial charge in [0.25, 0.3) is 0 Å². The van der Waals surface area contributed by atoms with E-state index in [0.29, 0.717) is 6.61 Å². The smallest absolute Gasteiger partial charge is 0.150 e. The number of nitrogens with two attached hydrogens (primary N) is 1. The topological polar surface area (TPSA) is 63.4 Å². The molecule has 0 aliphatic carbocycles. The second-order valence-corrected chi connectivity index (χ2v) is 11.7. The second-order valence-electron chi connectivity index (χ2n) is 11.7. The first-order valence-corrected chi connectivity index (χ1v) is 13.5. The lowest BCUT2D eigenvalue weighted by Gasteiger charge is -2.34. The summed E-state index contributed by atoms with van der Waals surface area (Å²) >= 11 is 0. The number of aryl methyl sites for hydroxylation is 1. The van der Waals surface area contributed by atoms with E-state index in [9.17, 15) is 0 Å². The van der Waals surface area contributed by atoms with Gasteiger partial charge in [0.1, 0.15) is 12.4 Å². The Hall–Kier alpha value is -3.57. The highest BCUT2D eigenvalue weighted by atomic mass is 16.5. The summed E-state index contributed by atoms with van der Waals surface area (Å²) in [5.41, 5.74) is 15.8. The number of anilines is 2. The molecule has 4 aromatic rings. The first-order valence-electron chi connectivity index (χ1n) is 13.5. The number of fused-ring (bicyclic) bond motifs is 3. The lowest BCUT2D eigenvalue weighted by molar-refractivity contribution is 0.219. The Morgan fingerprint density at radius 1 is 1.08 bits per heavy atom. The van der Waals surface area contributed by atoms with Gasteiger partial charge < -0.3 is 15.8 Å². The molecule has 198 valence electrons. The van der Waals surface area contributed by atoms with Crippen molar-refractivity contribution in [3.8, 4) is 5.75 Å². The monoisotopic (exact) mass is 508 g/mol. The van der Waals surface area contributed by atoms with E-state index in [2.05, 4.69) is 93.4 Å². The average molecular weight is 509 g/mol. The summed E-state index contributed by atoms with van der Waals surface area (Å²) in [4.78, 5) is 7.24. The molecule has 0 spiro atoms. The van der Waals surface area contributed by atoms with Gasteiger partial charge in [0.15, 0.2) is 0 Å². The van der Waals surface area contributed by atoms with E-state index in [1.54, 1.807) is 0 Å². The van der Waals surface area contributed by atoms with E-state index in [-0.39, 0.29) is 11.3 Å². The van der Waals surface area contributed by atoms with Gasteiger partial charge in [-0.15, -0.1) is 0 Å². The van der Waals surface area contributed by atoms with Crippen molar-refractivity contribution in [1.82, 2.24) is 9.88 Å². The highest BCUT2D eigenvalue weighted by Gasteiger charge is 2.30. The predicted octanol–water partition coefficient (Wildman–Crippen LogP) is 7.05. The van der Waals surface area contributed by atoms with Crippen LogP contribution < -0.4 is 15.8 Å². The molecule has 5 nitrogen and oxygen atoms in total. The molecule has 5 rings (SSSR count). The minimum atomic E-state index is 0.0191. The number of hydrogen-bond donors (Lipinski definition) is 2. The van der Waals surface area contributed by atoms with Crippen molar-refractivity contribution < 1.29 is 4.74 Å². The van der Waals surface area contributed by atoms with Gasteiger partial charge in [-0.2, -0.15) is 0 Å². The van der Waals surface area contributed by atoms with E-state index in [1.807, 2.05) is 19.3 Å². The summed E-state index contributed by atoms with van der Waals surface area (Å²) in [6, 6.07) is 19.7. The summed E-state index contributed by atoms with van der Waals surface area (Å²) in [7, 11) is 1.92. The van der Waals surface area contributed by atoms with Gasteiger partial charge >= 0.3 is 0 Å². The van der Waals surface area contributed by atoms with E-state index in [0.717, 1.165) is 58.8 Å². The molecule has 2 heterocycles. The predicted molar refractivity (Wildman–Crippen MR) is 159 cm³/mol. The third kappa shape index (κ3) is 4.95. The van der Waals surface area contributed by atoms with Crippen molar-refractivity contribution in [2.75, 3.05) is 31.2 Å².